The van der Waals surface area contributed by atoms with Crippen LogP contribution in [0.1, 0.15) is 11.1 Å². The molecule has 0 atom stereocenters. The predicted octanol–water partition coefficient (Wildman–Crippen LogP) is 1.44. The van der Waals surface area contributed by atoms with Crippen molar-refractivity contribution in [3.63, 3.8) is 0 Å². The summed E-state index contributed by atoms with van der Waals surface area (Å²) in [5.74, 6) is 6.32. The number of nitrogens with one attached hydrogen (secondary N) is 1. The van der Waals surface area contributed by atoms with Gasteiger partial charge in [-0.2, -0.15) is 5.10 Å². The van der Waals surface area contributed by atoms with Crippen molar-refractivity contribution in [1.82, 2.24) is 15.2 Å². The fourth-order valence-corrected chi connectivity index (χ4v) is 2.02. The SMILES string of the molecule is OCC#Cc1cccc(CSc2ncn[nH]2)c1. The molecule has 0 saturated carbocycles. The molecule has 0 amide bonds. The van der Waals surface area contributed by atoms with E-state index in [4.69, 9.17) is 5.11 Å². The number of aromatic nitrogens is 3. The summed E-state index contributed by atoms with van der Waals surface area (Å²) in [6.45, 7) is -0.114. The van der Waals surface area contributed by atoms with E-state index in [1.165, 1.54) is 6.33 Å². The molecule has 0 aliphatic rings. The van der Waals surface area contributed by atoms with Gasteiger partial charge in [0.15, 0.2) is 5.16 Å². The number of nitrogens with zero attached hydrogens (tertiary/aromatic N) is 2. The monoisotopic (exact) mass is 245 g/mol. The smallest absolute Gasteiger partial charge is 0.183 e. The van der Waals surface area contributed by atoms with Crippen LogP contribution in [0.25, 0.3) is 0 Å². The maximum atomic E-state index is 8.63. The molecule has 2 N–H and O–H groups in total. The Kier molecular flexibility index (Phi) is 4.19. The Morgan fingerprint density at radius 1 is 1.41 bits per heavy atom. The third-order valence-electron chi connectivity index (χ3n) is 2.01. The highest BCUT2D eigenvalue weighted by Gasteiger charge is 1.98. The molecule has 0 fully saturated rings. The first-order chi connectivity index (χ1) is 8.38. The molecule has 0 spiro atoms. The minimum Gasteiger partial charge on any atom is -0.384 e. The van der Waals surface area contributed by atoms with Gasteiger partial charge in [-0.15, -0.1) is 0 Å². The summed E-state index contributed by atoms with van der Waals surface area (Å²) in [4.78, 5) is 4.04. The topological polar surface area (TPSA) is 61.8 Å². The molecule has 2 rings (SSSR count). The van der Waals surface area contributed by atoms with Crippen molar-refractivity contribution in [2.75, 3.05) is 6.61 Å². The van der Waals surface area contributed by atoms with E-state index >= 15 is 0 Å². The van der Waals surface area contributed by atoms with E-state index in [0.29, 0.717) is 0 Å². The lowest BCUT2D eigenvalue weighted by atomic mass is 10.1. The van der Waals surface area contributed by atoms with Crippen molar-refractivity contribution < 1.29 is 5.11 Å². The Balaban J connectivity index is 2.01. The average molecular weight is 245 g/mol. The molecule has 17 heavy (non-hydrogen) atoms. The van der Waals surface area contributed by atoms with Gasteiger partial charge in [-0.1, -0.05) is 35.7 Å². The van der Waals surface area contributed by atoms with E-state index in [-0.39, 0.29) is 6.61 Å². The molecule has 0 bridgehead atoms. The van der Waals surface area contributed by atoms with Gasteiger partial charge in [-0.05, 0) is 17.7 Å². The van der Waals surface area contributed by atoms with Crippen molar-refractivity contribution in [2.45, 2.75) is 10.9 Å². The molecule has 0 saturated heterocycles. The average Bonchev–Trinajstić information content (AvgIpc) is 2.87. The minimum absolute atomic E-state index is 0.114. The number of hydrogen-bond donors (Lipinski definition) is 2. The lowest BCUT2D eigenvalue weighted by Gasteiger charge is -1.99. The van der Waals surface area contributed by atoms with Crippen molar-refractivity contribution >= 4 is 11.8 Å². The molecule has 5 heteroatoms. The minimum atomic E-state index is -0.114. The van der Waals surface area contributed by atoms with Gasteiger partial charge in [0.2, 0.25) is 0 Å². The lowest BCUT2D eigenvalue weighted by molar-refractivity contribution is 0.350. The van der Waals surface area contributed by atoms with E-state index in [2.05, 4.69) is 27.0 Å². The standard InChI is InChI=1S/C12H11N3OS/c16-6-2-5-10-3-1-4-11(7-10)8-17-12-13-9-14-15-12/h1,3-4,7,9,16H,6,8H2,(H,13,14,15). The number of thioether (sulfide) groups is 1. The van der Waals surface area contributed by atoms with Gasteiger partial charge in [0.1, 0.15) is 12.9 Å². The van der Waals surface area contributed by atoms with Crippen LogP contribution in [0, 0.1) is 11.8 Å². The molecule has 86 valence electrons. The second-order valence-corrected chi connectivity index (χ2v) is 4.20. The molecule has 1 aromatic heterocycles. The van der Waals surface area contributed by atoms with Gasteiger partial charge in [0.25, 0.3) is 0 Å². The quantitative estimate of drug-likeness (QED) is 0.634. The summed E-state index contributed by atoms with van der Waals surface area (Å²) < 4.78 is 0. The van der Waals surface area contributed by atoms with Gasteiger partial charge < -0.3 is 5.11 Å². The Morgan fingerprint density at radius 2 is 2.35 bits per heavy atom. The third-order valence-corrected chi connectivity index (χ3v) is 2.96. The normalized spacial score (nSPS) is 9.71. The van der Waals surface area contributed by atoms with Crippen LogP contribution in [0.4, 0.5) is 0 Å². The summed E-state index contributed by atoms with van der Waals surface area (Å²) in [6, 6.07) is 7.92. The van der Waals surface area contributed by atoms with Crippen LogP contribution in [-0.4, -0.2) is 26.9 Å². The zero-order chi connectivity index (χ0) is 11.9. The van der Waals surface area contributed by atoms with Crippen molar-refractivity contribution in [3.05, 3.63) is 41.7 Å². The van der Waals surface area contributed by atoms with E-state index in [1.807, 2.05) is 24.3 Å². The second-order valence-electron chi connectivity index (χ2n) is 3.24. The van der Waals surface area contributed by atoms with Crippen molar-refractivity contribution in [3.8, 4) is 11.8 Å². The summed E-state index contributed by atoms with van der Waals surface area (Å²) in [5.41, 5.74) is 2.07. The van der Waals surface area contributed by atoms with Gasteiger partial charge in [0.05, 0.1) is 0 Å². The molecule has 2 aromatic rings. The van der Waals surface area contributed by atoms with Crippen molar-refractivity contribution in [2.24, 2.45) is 0 Å². The maximum absolute atomic E-state index is 8.63. The van der Waals surface area contributed by atoms with E-state index in [9.17, 15) is 0 Å². The highest BCUT2D eigenvalue weighted by Crippen LogP contribution is 2.18. The van der Waals surface area contributed by atoms with Crippen LogP contribution in [-0.2, 0) is 5.75 Å². The second kappa shape index (κ2) is 6.09. The molecule has 0 aliphatic heterocycles. The summed E-state index contributed by atoms with van der Waals surface area (Å²) >= 11 is 1.59. The number of aliphatic hydroxyl groups excluding tert-OH is 1. The molecule has 1 aromatic carbocycles. The van der Waals surface area contributed by atoms with Crippen LogP contribution in [0.3, 0.4) is 0 Å². The number of rotatable bonds is 3. The van der Waals surface area contributed by atoms with Crippen molar-refractivity contribution in [1.29, 1.82) is 0 Å². The Labute approximate surface area is 103 Å². The number of hydrogen-bond acceptors (Lipinski definition) is 4. The van der Waals surface area contributed by atoms with Crippen LogP contribution in [0.2, 0.25) is 0 Å². The third kappa shape index (κ3) is 3.63. The maximum Gasteiger partial charge on any atom is 0.183 e. The van der Waals surface area contributed by atoms with Gasteiger partial charge >= 0.3 is 0 Å². The highest BCUT2D eigenvalue weighted by atomic mass is 32.2. The molecule has 0 aliphatic carbocycles. The number of aliphatic hydroxyl groups is 1. The first-order valence-corrected chi connectivity index (χ1v) is 6.04. The predicted molar refractivity (Wildman–Crippen MR) is 66.3 cm³/mol. The van der Waals surface area contributed by atoms with Crippen LogP contribution in [0.5, 0.6) is 0 Å². The Morgan fingerprint density at radius 3 is 3.12 bits per heavy atom. The molecule has 0 unspecified atom stereocenters. The zero-order valence-corrected chi connectivity index (χ0v) is 9.87. The summed E-state index contributed by atoms with van der Waals surface area (Å²) in [6.07, 6.45) is 1.49. The fraction of sp³-hybridized carbons (Fsp3) is 0.167. The van der Waals surface area contributed by atoms with Gasteiger partial charge in [-0.3, -0.25) is 5.10 Å². The Hall–Kier alpha value is -1.77. The lowest BCUT2D eigenvalue weighted by Crippen LogP contribution is -1.84. The largest absolute Gasteiger partial charge is 0.384 e. The highest BCUT2D eigenvalue weighted by molar-refractivity contribution is 7.98. The molecular formula is C12H11N3OS. The Bertz CT molecular complexity index is 528. The van der Waals surface area contributed by atoms with E-state index < -0.39 is 0 Å². The van der Waals surface area contributed by atoms with E-state index in [0.717, 1.165) is 22.0 Å². The molecule has 1 heterocycles. The van der Waals surface area contributed by atoms with Crippen LogP contribution < -0.4 is 0 Å². The molecular weight excluding hydrogens is 234 g/mol. The van der Waals surface area contributed by atoms with E-state index in [1.54, 1.807) is 11.8 Å². The zero-order valence-electron chi connectivity index (χ0n) is 9.05. The molecule has 0 radical (unpaired) electrons. The molecule has 4 nitrogen and oxygen atoms in total. The van der Waals surface area contributed by atoms with Gasteiger partial charge in [0, 0.05) is 11.3 Å². The fourth-order valence-electron chi connectivity index (χ4n) is 1.30. The van der Waals surface area contributed by atoms with Gasteiger partial charge in [-0.25, -0.2) is 4.98 Å². The number of benzene rings is 1. The number of H-pyrrole nitrogens is 1. The first-order valence-electron chi connectivity index (χ1n) is 5.05. The summed E-state index contributed by atoms with van der Waals surface area (Å²) in [5, 5.41) is 16.0. The number of aromatic amines is 1. The van der Waals surface area contributed by atoms with Crippen LogP contribution in [0.15, 0.2) is 35.7 Å². The van der Waals surface area contributed by atoms with Crippen LogP contribution >= 0.6 is 11.8 Å². The first kappa shape index (κ1) is 11.7. The summed E-state index contributed by atoms with van der Waals surface area (Å²) in [7, 11) is 0.